The summed E-state index contributed by atoms with van der Waals surface area (Å²) in [4.78, 5) is 0. The zero-order chi connectivity index (χ0) is 14.4. The van der Waals surface area contributed by atoms with Gasteiger partial charge >= 0.3 is 0 Å². The van der Waals surface area contributed by atoms with Crippen LogP contribution in [0, 0.1) is 0 Å². The van der Waals surface area contributed by atoms with Crippen LogP contribution in [-0.4, -0.2) is 68.8 Å². The first-order valence-electron chi connectivity index (χ1n) is 6.34. The molecule has 6 nitrogen and oxygen atoms in total. The zero-order valence-corrected chi connectivity index (χ0v) is 11.1. The molecule has 3 atom stereocenters. The van der Waals surface area contributed by atoms with Crippen LogP contribution in [0.4, 0.5) is 0 Å². The number of aliphatic hydroxyl groups excluding tert-OH is 6. The van der Waals surface area contributed by atoms with Crippen LogP contribution in [0.5, 0.6) is 0 Å². The van der Waals surface area contributed by atoms with Gasteiger partial charge in [-0.1, -0.05) is 0 Å². The van der Waals surface area contributed by atoms with Crippen molar-refractivity contribution in [2.24, 2.45) is 0 Å². The fourth-order valence-corrected chi connectivity index (χ4v) is 1.24. The van der Waals surface area contributed by atoms with Gasteiger partial charge in [-0.25, -0.2) is 0 Å². The van der Waals surface area contributed by atoms with Crippen LogP contribution in [0.3, 0.4) is 0 Å². The van der Waals surface area contributed by atoms with Crippen LogP contribution in [-0.2, 0) is 0 Å². The van der Waals surface area contributed by atoms with E-state index >= 15 is 0 Å². The summed E-state index contributed by atoms with van der Waals surface area (Å²) in [6.07, 6.45) is 1.12. The van der Waals surface area contributed by atoms with Crippen LogP contribution in [0.1, 0.15) is 39.0 Å². The Morgan fingerprint density at radius 1 is 0.778 bits per heavy atom. The van der Waals surface area contributed by atoms with E-state index in [1.54, 1.807) is 6.92 Å². The molecule has 0 aromatic rings. The number of rotatable bonds is 9. The van der Waals surface area contributed by atoms with Crippen LogP contribution in [0.15, 0.2) is 0 Å². The minimum absolute atomic E-state index is 0.0200. The van der Waals surface area contributed by atoms with Crippen molar-refractivity contribution in [1.82, 2.24) is 0 Å². The largest absolute Gasteiger partial charge is 0.396 e. The maximum atomic E-state index is 8.90. The summed E-state index contributed by atoms with van der Waals surface area (Å²) in [5, 5.41) is 51.3. The maximum absolute atomic E-state index is 8.90. The fourth-order valence-electron chi connectivity index (χ4n) is 1.24. The van der Waals surface area contributed by atoms with Crippen LogP contribution >= 0.6 is 0 Å². The van der Waals surface area contributed by atoms with Gasteiger partial charge in [0.05, 0.1) is 24.9 Å². The second-order valence-corrected chi connectivity index (χ2v) is 4.31. The van der Waals surface area contributed by atoms with E-state index in [4.69, 9.17) is 30.6 Å². The van der Waals surface area contributed by atoms with Crippen LogP contribution < -0.4 is 0 Å². The maximum Gasteiger partial charge on any atom is 0.0771 e. The van der Waals surface area contributed by atoms with Crippen molar-refractivity contribution in [2.45, 2.75) is 57.3 Å². The molecule has 0 heterocycles. The van der Waals surface area contributed by atoms with Crippen molar-refractivity contribution >= 4 is 0 Å². The molecule has 0 aliphatic rings. The average molecular weight is 268 g/mol. The number of unbranched alkanes of at least 4 members (excludes halogenated alkanes) is 1. The van der Waals surface area contributed by atoms with Gasteiger partial charge in [0, 0.05) is 13.2 Å². The second-order valence-electron chi connectivity index (χ2n) is 4.31. The molecule has 6 N–H and O–H groups in total. The van der Waals surface area contributed by atoms with Crippen molar-refractivity contribution in [2.75, 3.05) is 19.8 Å². The smallest absolute Gasteiger partial charge is 0.0771 e. The second kappa shape index (κ2) is 14.8. The van der Waals surface area contributed by atoms with Crippen LogP contribution in [0.2, 0.25) is 0 Å². The van der Waals surface area contributed by atoms with Gasteiger partial charge in [-0.2, -0.15) is 0 Å². The summed E-state index contributed by atoms with van der Waals surface area (Å²) < 4.78 is 0. The number of aliphatic hydroxyl groups is 6. The molecule has 0 aromatic heterocycles. The van der Waals surface area contributed by atoms with Gasteiger partial charge in [-0.05, 0) is 39.0 Å². The molecule has 0 aliphatic carbocycles. The topological polar surface area (TPSA) is 121 Å². The Balaban J connectivity index is 0. The molecular weight excluding hydrogens is 240 g/mol. The summed E-state index contributed by atoms with van der Waals surface area (Å²) in [6.45, 7) is 1.58. The normalized spacial score (nSPS) is 15.5. The van der Waals surface area contributed by atoms with Crippen molar-refractivity contribution < 1.29 is 30.6 Å². The Bertz CT molecular complexity index is 154. The lowest BCUT2D eigenvalue weighted by Gasteiger charge is -2.09. The standard InChI is InChI=1S/2C6H14O3/c1-5(8)4-6(9)2-3-7;7-4-2-1-3-6(9)5-8/h5-9H,2-4H2,1H3;6-9H,1-5H2. The lowest BCUT2D eigenvalue weighted by Crippen LogP contribution is -2.15. The third-order valence-corrected chi connectivity index (χ3v) is 2.23. The molecule has 0 radical (unpaired) electrons. The van der Waals surface area contributed by atoms with Gasteiger partial charge in [-0.15, -0.1) is 0 Å². The minimum Gasteiger partial charge on any atom is -0.396 e. The predicted octanol–water partition coefficient (Wildman–Crippen LogP) is -0.997. The highest BCUT2D eigenvalue weighted by Gasteiger charge is 2.05. The quantitative estimate of drug-likeness (QED) is 0.298. The summed E-state index contributed by atoms with van der Waals surface area (Å²) in [7, 11) is 0. The average Bonchev–Trinajstić information content (AvgIpc) is 2.29. The highest BCUT2D eigenvalue weighted by molar-refractivity contribution is 4.58. The van der Waals surface area contributed by atoms with E-state index in [9.17, 15) is 0 Å². The lowest BCUT2D eigenvalue weighted by atomic mass is 10.1. The number of hydrogen-bond donors (Lipinski definition) is 6. The molecule has 0 bridgehead atoms. The Labute approximate surface area is 109 Å². The third-order valence-electron chi connectivity index (χ3n) is 2.23. The molecule has 0 aliphatic heterocycles. The molecule has 0 fully saturated rings. The van der Waals surface area contributed by atoms with Crippen LogP contribution in [0.25, 0.3) is 0 Å². The highest BCUT2D eigenvalue weighted by atomic mass is 16.3. The third kappa shape index (κ3) is 18.1. The molecule has 0 spiro atoms. The molecule has 3 unspecified atom stereocenters. The van der Waals surface area contributed by atoms with E-state index in [-0.39, 0.29) is 19.8 Å². The van der Waals surface area contributed by atoms with Gasteiger partial charge in [-0.3, -0.25) is 0 Å². The first-order chi connectivity index (χ1) is 8.47. The van der Waals surface area contributed by atoms with Gasteiger partial charge in [0.15, 0.2) is 0 Å². The molecule has 0 saturated heterocycles. The summed E-state index contributed by atoms with van der Waals surface area (Å²) in [5.41, 5.74) is 0. The van der Waals surface area contributed by atoms with E-state index in [2.05, 4.69) is 0 Å². The summed E-state index contributed by atoms with van der Waals surface area (Å²) in [6, 6.07) is 0. The van der Waals surface area contributed by atoms with Crippen molar-refractivity contribution in [3.63, 3.8) is 0 Å². The molecule has 6 heteroatoms. The van der Waals surface area contributed by atoms with Crippen molar-refractivity contribution in [1.29, 1.82) is 0 Å². The van der Waals surface area contributed by atoms with Crippen molar-refractivity contribution in [3.8, 4) is 0 Å². The van der Waals surface area contributed by atoms with Gasteiger partial charge < -0.3 is 30.6 Å². The molecule has 0 rings (SSSR count). The van der Waals surface area contributed by atoms with E-state index < -0.39 is 18.3 Å². The van der Waals surface area contributed by atoms with E-state index in [0.29, 0.717) is 25.7 Å². The Morgan fingerprint density at radius 3 is 1.78 bits per heavy atom. The Hall–Kier alpha value is -0.240. The molecule has 0 saturated carbocycles. The molecule has 0 amide bonds. The Morgan fingerprint density at radius 2 is 1.39 bits per heavy atom. The van der Waals surface area contributed by atoms with E-state index in [0.717, 1.165) is 6.42 Å². The van der Waals surface area contributed by atoms with Gasteiger partial charge in [0.1, 0.15) is 0 Å². The predicted molar refractivity (Wildman–Crippen MR) is 68.0 cm³/mol. The molecular formula is C12H28O6. The summed E-state index contributed by atoms with van der Waals surface area (Å²) >= 11 is 0. The summed E-state index contributed by atoms with van der Waals surface area (Å²) in [5.74, 6) is 0. The molecule has 0 aromatic carbocycles. The minimum atomic E-state index is -0.600. The highest BCUT2D eigenvalue weighted by Crippen LogP contribution is 2.00. The van der Waals surface area contributed by atoms with Gasteiger partial charge in [0.2, 0.25) is 0 Å². The SMILES string of the molecule is CC(O)CC(O)CCO.OCCCCC(O)CO. The first kappa shape index (κ1) is 20.1. The van der Waals surface area contributed by atoms with E-state index in [1.807, 2.05) is 0 Å². The molecule has 18 heavy (non-hydrogen) atoms. The fraction of sp³-hybridized carbons (Fsp3) is 1.00. The lowest BCUT2D eigenvalue weighted by molar-refractivity contribution is 0.0722. The van der Waals surface area contributed by atoms with Gasteiger partial charge in [0.25, 0.3) is 0 Å². The van der Waals surface area contributed by atoms with E-state index in [1.165, 1.54) is 0 Å². The number of hydrogen-bond acceptors (Lipinski definition) is 6. The van der Waals surface area contributed by atoms with Crippen molar-refractivity contribution in [3.05, 3.63) is 0 Å². The Kier molecular flexibility index (Phi) is 16.5. The molecule has 112 valence electrons. The first-order valence-corrected chi connectivity index (χ1v) is 6.34. The zero-order valence-electron chi connectivity index (χ0n) is 11.1. The monoisotopic (exact) mass is 268 g/mol.